The van der Waals surface area contributed by atoms with Crippen molar-refractivity contribution in [3.8, 4) is 0 Å². The molecule has 1 aliphatic carbocycles. The van der Waals surface area contributed by atoms with Crippen LogP contribution in [0.25, 0.3) is 0 Å². The molecule has 0 radical (unpaired) electrons. The maximum Gasteiger partial charge on any atom is 0.113 e. The molecule has 1 aliphatic rings. The topological polar surface area (TPSA) is 26.0 Å². The first-order valence-electron chi connectivity index (χ1n) is 4.87. The molecule has 0 saturated heterocycles. The summed E-state index contributed by atoms with van der Waals surface area (Å²) < 4.78 is 12.9. The first-order valence-corrected chi connectivity index (χ1v) is 4.87. The molecule has 0 bridgehead atoms. The normalized spacial score (nSPS) is 30.5. The van der Waals surface area contributed by atoms with E-state index in [-0.39, 0.29) is 6.54 Å². The maximum atomic E-state index is 12.9. The van der Waals surface area contributed by atoms with Crippen LogP contribution in [0.4, 0.5) is 4.39 Å². The van der Waals surface area contributed by atoms with Gasteiger partial charge >= 0.3 is 0 Å². The van der Waals surface area contributed by atoms with Gasteiger partial charge in [0.2, 0.25) is 0 Å². The van der Waals surface area contributed by atoms with Gasteiger partial charge in [0.1, 0.15) is 6.17 Å². The Bertz CT molecular complexity index is 145. The second-order valence-corrected chi connectivity index (χ2v) is 4.84. The highest BCUT2D eigenvalue weighted by Crippen LogP contribution is 2.42. The second-order valence-electron chi connectivity index (χ2n) is 4.84. The minimum atomic E-state index is -0.774. The fraction of sp³-hybridized carbons (Fsp3) is 1.00. The van der Waals surface area contributed by atoms with Crippen LogP contribution in [0, 0.1) is 11.3 Å². The Morgan fingerprint density at radius 3 is 2.67 bits per heavy atom. The average Bonchev–Trinajstić information content (AvgIpc) is 2.30. The summed E-state index contributed by atoms with van der Waals surface area (Å²) in [6.07, 6.45) is 3.51. The average molecular weight is 173 g/mol. The third-order valence-electron chi connectivity index (χ3n) is 2.92. The van der Waals surface area contributed by atoms with E-state index in [2.05, 4.69) is 13.8 Å². The molecule has 0 aromatic carbocycles. The fourth-order valence-electron chi connectivity index (χ4n) is 2.24. The summed E-state index contributed by atoms with van der Waals surface area (Å²) in [5.41, 5.74) is 5.69. The number of hydrogen-bond acceptors (Lipinski definition) is 1. The van der Waals surface area contributed by atoms with E-state index in [1.165, 1.54) is 19.3 Å². The van der Waals surface area contributed by atoms with Gasteiger partial charge in [0.05, 0.1) is 0 Å². The number of halogens is 1. The molecule has 0 aromatic heterocycles. The summed E-state index contributed by atoms with van der Waals surface area (Å²) in [7, 11) is 0. The Morgan fingerprint density at radius 2 is 2.25 bits per heavy atom. The van der Waals surface area contributed by atoms with Crippen LogP contribution in [0.15, 0.2) is 0 Å². The fourth-order valence-corrected chi connectivity index (χ4v) is 2.24. The molecule has 0 aliphatic heterocycles. The zero-order chi connectivity index (χ0) is 9.19. The van der Waals surface area contributed by atoms with Crippen molar-refractivity contribution in [2.24, 2.45) is 17.1 Å². The van der Waals surface area contributed by atoms with Gasteiger partial charge in [-0.15, -0.1) is 0 Å². The molecule has 2 unspecified atom stereocenters. The Hall–Kier alpha value is -0.110. The van der Waals surface area contributed by atoms with E-state index < -0.39 is 6.17 Å². The number of nitrogens with two attached hydrogens (primary N) is 1. The molecule has 2 atom stereocenters. The van der Waals surface area contributed by atoms with Gasteiger partial charge in [0, 0.05) is 6.54 Å². The molecule has 0 aromatic rings. The van der Waals surface area contributed by atoms with Crippen LogP contribution in [0.5, 0.6) is 0 Å². The highest BCUT2D eigenvalue weighted by Gasteiger charge is 2.31. The molecule has 1 nitrogen and oxygen atoms in total. The Balaban J connectivity index is 2.28. The monoisotopic (exact) mass is 173 g/mol. The molecule has 2 heteroatoms. The zero-order valence-corrected chi connectivity index (χ0v) is 8.15. The minimum absolute atomic E-state index is 0.191. The van der Waals surface area contributed by atoms with E-state index in [1.54, 1.807) is 0 Å². The summed E-state index contributed by atoms with van der Waals surface area (Å²) in [4.78, 5) is 0. The van der Waals surface area contributed by atoms with Crippen LogP contribution < -0.4 is 5.73 Å². The lowest BCUT2D eigenvalue weighted by atomic mass is 9.89. The predicted molar refractivity (Wildman–Crippen MR) is 49.7 cm³/mol. The molecule has 72 valence electrons. The van der Waals surface area contributed by atoms with Crippen LogP contribution in [0.1, 0.15) is 39.5 Å². The Kier molecular flexibility index (Phi) is 3.10. The molecule has 1 rings (SSSR count). The third-order valence-corrected chi connectivity index (χ3v) is 2.92. The van der Waals surface area contributed by atoms with Gasteiger partial charge in [0.25, 0.3) is 0 Å². The summed E-state index contributed by atoms with van der Waals surface area (Å²) in [6, 6.07) is 0. The van der Waals surface area contributed by atoms with Crippen molar-refractivity contribution in [2.75, 3.05) is 6.54 Å². The quantitative estimate of drug-likeness (QED) is 0.697. The van der Waals surface area contributed by atoms with Crippen LogP contribution in [-0.2, 0) is 0 Å². The highest BCUT2D eigenvalue weighted by atomic mass is 19.1. The van der Waals surface area contributed by atoms with Gasteiger partial charge in [-0.2, -0.15) is 0 Å². The van der Waals surface area contributed by atoms with E-state index in [0.717, 1.165) is 0 Å². The molecule has 0 heterocycles. The molecule has 1 fully saturated rings. The lowest BCUT2D eigenvalue weighted by Gasteiger charge is -2.17. The summed E-state index contributed by atoms with van der Waals surface area (Å²) >= 11 is 0. The third kappa shape index (κ3) is 2.74. The molecule has 0 amide bonds. The van der Waals surface area contributed by atoms with Gasteiger partial charge in [0.15, 0.2) is 0 Å². The van der Waals surface area contributed by atoms with Crippen LogP contribution in [0.2, 0.25) is 0 Å². The van der Waals surface area contributed by atoms with E-state index >= 15 is 0 Å². The van der Waals surface area contributed by atoms with E-state index in [0.29, 0.717) is 17.8 Å². The van der Waals surface area contributed by atoms with Crippen molar-refractivity contribution < 1.29 is 4.39 Å². The van der Waals surface area contributed by atoms with Crippen molar-refractivity contribution in [1.82, 2.24) is 0 Å². The first kappa shape index (κ1) is 9.97. The minimum Gasteiger partial charge on any atom is -0.328 e. The largest absolute Gasteiger partial charge is 0.328 e. The molecule has 2 N–H and O–H groups in total. The Morgan fingerprint density at radius 1 is 1.58 bits per heavy atom. The SMILES string of the molecule is CC1(C)CCC(CC(F)CN)C1. The summed E-state index contributed by atoms with van der Waals surface area (Å²) in [5, 5.41) is 0. The van der Waals surface area contributed by atoms with Gasteiger partial charge < -0.3 is 5.73 Å². The first-order chi connectivity index (χ1) is 5.53. The number of hydrogen-bond donors (Lipinski definition) is 1. The summed E-state index contributed by atoms with van der Waals surface area (Å²) in [6.45, 7) is 4.72. The molecule has 0 spiro atoms. The highest BCUT2D eigenvalue weighted by molar-refractivity contribution is 4.83. The van der Waals surface area contributed by atoms with Crippen LogP contribution in [-0.4, -0.2) is 12.7 Å². The van der Waals surface area contributed by atoms with E-state index in [9.17, 15) is 4.39 Å². The smallest absolute Gasteiger partial charge is 0.113 e. The van der Waals surface area contributed by atoms with Crippen molar-refractivity contribution in [3.63, 3.8) is 0 Å². The van der Waals surface area contributed by atoms with Crippen molar-refractivity contribution in [2.45, 2.75) is 45.7 Å². The number of rotatable bonds is 3. The number of alkyl halides is 1. The standard InChI is InChI=1S/C10H20FN/c1-10(2)4-3-8(6-10)5-9(11)7-12/h8-9H,3-7,12H2,1-2H3. The van der Waals surface area contributed by atoms with Gasteiger partial charge in [-0.25, -0.2) is 4.39 Å². The lowest BCUT2D eigenvalue weighted by molar-refractivity contribution is 0.262. The Labute approximate surface area is 74.5 Å². The predicted octanol–water partition coefficient (Wildman–Crippen LogP) is 2.50. The van der Waals surface area contributed by atoms with Crippen molar-refractivity contribution in [3.05, 3.63) is 0 Å². The second kappa shape index (κ2) is 3.73. The van der Waals surface area contributed by atoms with Crippen molar-refractivity contribution in [1.29, 1.82) is 0 Å². The summed E-state index contributed by atoms with van der Waals surface area (Å²) in [5.74, 6) is 0.582. The van der Waals surface area contributed by atoms with Gasteiger partial charge in [-0.1, -0.05) is 13.8 Å². The van der Waals surface area contributed by atoms with E-state index in [4.69, 9.17) is 5.73 Å². The van der Waals surface area contributed by atoms with Crippen LogP contribution in [0.3, 0.4) is 0 Å². The van der Waals surface area contributed by atoms with Crippen molar-refractivity contribution >= 4 is 0 Å². The maximum absolute atomic E-state index is 12.9. The molecule has 12 heavy (non-hydrogen) atoms. The zero-order valence-electron chi connectivity index (χ0n) is 8.15. The van der Waals surface area contributed by atoms with E-state index in [1.807, 2.05) is 0 Å². The van der Waals surface area contributed by atoms with Gasteiger partial charge in [-0.3, -0.25) is 0 Å². The molecule has 1 saturated carbocycles. The lowest BCUT2D eigenvalue weighted by Crippen LogP contribution is -2.18. The molecular weight excluding hydrogens is 153 g/mol. The van der Waals surface area contributed by atoms with Gasteiger partial charge in [-0.05, 0) is 37.0 Å². The van der Waals surface area contributed by atoms with Crippen LogP contribution >= 0.6 is 0 Å². The molecular formula is C10H20FN.